The molecule has 0 bridgehead atoms. The Labute approximate surface area is 174 Å². The number of aromatic nitrogens is 2. The van der Waals surface area contributed by atoms with Crippen LogP contribution in [0.4, 0.5) is 11.4 Å². The molecule has 1 amide bonds. The fourth-order valence-electron chi connectivity index (χ4n) is 3.63. The van der Waals surface area contributed by atoms with Crippen LogP contribution in [0.2, 0.25) is 0 Å². The largest absolute Gasteiger partial charge is 0.316 e. The highest BCUT2D eigenvalue weighted by atomic mass is 32.2. The van der Waals surface area contributed by atoms with Gasteiger partial charge in [0.15, 0.2) is 0 Å². The molecule has 4 rings (SSSR count). The van der Waals surface area contributed by atoms with Crippen molar-refractivity contribution in [3.8, 4) is 5.69 Å². The Balaban J connectivity index is 1.66. The molecule has 2 aromatic carbocycles. The Bertz CT molecular complexity index is 1280. The standard InChI is InChI=1S/C21H22N4O4S/c1-15-19(21(27)25(23(15)2)17-9-4-3-5-10-17)22-20(26)16-8-6-11-18(14-16)24-12-7-13-30(24,28)29/h3-6,8-11,14H,7,12-13H2,1-2H3,(H,22,26). The van der Waals surface area contributed by atoms with E-state index in [2.05, 4.69) is 5.32 Å². The fraction of sp³-hybridized carbons (Fsp3) is 0.238. The van der Waals surface area contributed by atoms with Crippen molar-refractivity contribution in [3.63, 3.8) is 0 Å². The molecule has 0 radical (unpaired) electrons. The lowest BCUT2D eigenvalue weighted by Crippen LogP contribution is -2.26. The lowest BCUT2D eigenvalue weighted by Gasteiger charge is -2.17. The highest BCUT2D eigenvalue weighted by Crippen LogP contribution is 2.25. The van der Waals surface area contributed by atoms with E-state index in [1.807, 2.05) is 30.3 Å². The second-order valence-corrected chi connectivity index (χ2v) is 9.20. The molecule has 156 valence electrons. The van der Waals surface area contributed by atoms with E-state index >= 15 is 0 Å². The van der Waals surface area contributed by atoms with Crippen molar-refractivity contribution >= 4 is 27.3 Å². The Hall–Kier alpha value is -3.33. The summed E-state index contributed by atoms with van der Waals surface area (Å²) in [6.45, 7) is 2.15. The molecule has 0 saturated carbocycles. The second-order valence-electron chi connectivity index (χ2n) is 7.18. The molecule has 1 aliphatic heterocycles. The highest BCUT2D eigenvalue weighted by molar-refractivity contribution is 7.93. The van der Waals surface area contributed by atoms with Crippen LogP contribution in [0.5, 0.6) is 0 Å². The molecule has 1 aliphatic rings. The van der Waals surface area contributed by atoms with Crippen LogP contribution in [0.25, 0.3) is 5.69 Å². The number of nitrogens with one attached hydrogen (secondary N) is 1. The van der Waals surface area contributed by atoms with Crippen LogP contribution in [0.1, 0.15) is 22.5 Å². The maximum absolute atomic E-state index is 13.0. The Morgan fingerprint density at radius 3 is 2.40 bits per heavy atom. The Morgan fingerprint density at radius 1 is 1.03 bits per heavy atom. The van der Waals surface area contributed by atoms with Crippen molar-refractivity contribution in [1.82, 2.24) is 9.36 Å². The zero-order chi connectivity index (χ0) is 21.5. The molecule has 3 aromatic rings. The molecule has 1 N–H and O–H groups in total. The van der Waals surface area contributed by atoms with Gasteiger partial charge < -0.3 is 5.32 Å². The van der Waals surface area contributed by atoms with Gasteiger partial charge in [-0.3, -0.25) is 18.6 Å². The summed E-state index contributed by atoms with van der Waals surface area (Å²) < 4.78 is 28.8. The van der Waals surface area contributed by atoms with Gasteiger partial charge in [0.1, 0.15) is 5.69 Å². The van der Waals surface area contributed by atoms with Crippen molar-refractivity contribution in [3.05, 3.63) is 76.2 Å². The van der Waals surface area contributed by atoms with Crippen LogP contribution in [0, 0.1) is 6.92 Å². The minimum atomic E-state index is -3.34. The number of hydrogen-bond donors (Lipinski definition) is 1. The third-order valence-corrected chi connectivity index (χ3v) is 7.16. The quantitative estimate of drug-likeness (QED) is 0.693. The number of benzene rings is 2. The van der Waals surface area contributed by atoms with Gasteiger partial charge in [-0.15, -0.1) is 0 Å². The van der Waals surface area contributed by atoms with Crippen molar-refractivity contribution < 1.29 is 13.2 Å². The molecule has 0 unspecified atom stereocenters. The van der Waals surface area contributed by atoms with Crippen LogP contribution in [-0.4, -0.2) is 36.0 Å². The van der Waals surface area contributed by atoms with Crippen LogP contribution in [-0.2, 0) is 17.1 Å². The number of amides is 1. The maximum atomic E-state index is 13.0. The van der Waals surface area contributed by atoms with E-state index < -0.39 is 15.9 Å². The molecule has 1 fully saturated rings. The van der Waals surface area contributed by atoms with Crippen LogP contribution < -0.4 is 15.2 Å². The number of para-hydroxylation sites is 1. The van der Waals surface area contributed by atoms with Gasteiger partial charge >= 0.3 is 0 Å². The van der Waals surface area contributed by atoms with E-state index in [4.69, 9.17) is 0 Å². The molecule has 2 heterocycles. The first-order valence-electron chi connectivity index (χ1n) is 9.55. The number of nitrogens with zero attached hydrogens (tertiary/aromatic N) is 3. The summed E-state index contributed by atoms with van der Waals surface area (Å²) in [6, 6.07) is 15.6. The normalized spacial score (nSPS) is 15.3. The second kappa shape index (κ2) is 7.49. The number of sulfonamides is 1. The number of anilines is 2. The number of carbonyl (C=O) groups excluding carboxylic acids is 1. The Morgan fingerprint density at radius 2 is 1.73 bits per heavy atom. The summed E-state index contributed by atoms with van der Waals surface area (Å²) in [5, 5.41) is 2.70. The van der Waals surface area contributed by atoms with Gasteiger partial charge in [-0.05, 0) is 43.7 Å². The average molecular weight is 426 g/mol. The van der Waals surface area contributed by atoms with Gasteiger partial charge in [0.2, 0.25) is 10.0 Å². The highest BCUT2D eigenvalue weighted by Gasteiger charge is 2.29. The van der Waals surface area contributed by atoms with E-state index in [1.165, 1.54) is 15.1 Å². The van der Waals surface area contributed by atoms with Gasteiger partial charge in [-0.25, -0.2) is 13.1 Å². The molecular weight excluding hydrogens is 404 g/mol. The molecule has 0 atom stereocenters. The third kappa shape index (κ3) is 3.41. The van der Waals surface area contributed by atoms with E-state index in [-0.39, 0.29) is 22.6 Å². The topological polar surface area (TPSA) is 93.4 Å². The predicted octanol–water partition coefficient (Wildman–Crippen LogP) is 2.28. The number of carbonyl (C=O) groups is 1. The summed E-state index contributed by atoms with van der Waals surface area (Å²) in [6.07, 6.45) is 0.557. The Kier molecular flexibility index (Phi) is 4.98. The third-order valence-electron chi connectivity index (χ3n) is 5.29. The lowest BCUT2D eigenvalue weighted by atomic mass is 10.2. The van der Waals surface area contributed by atoms with Crippen molar-refractivity contribution in [2.45, 2.75) is 13.3 Å². The number of hydrogen-bond acceptors (Lipinski definition) is 4. The van der Waals surface area contributed by atoms with Crippen molar-refractivity contribution in [2.24, 2.45) is 7.05 Å². The summed E-state index contributed by atoms with van der Waals surface area (Å²) in [7, 11) is -1.59. The zero-order valence-corrected chi connectivity index (χ0v) is 17.5. The molecule has 1 aromatic heterocycles. The smallest absolute Gasteiger partial charge is 0.295 e. The average Bonchev–Trinajstić information content (AvgIpc) is 3.20. The molecular formula is C21H22N4O4S. The van der Waals surface area contributed by atoms with E-state index in [1.54, 1.807) is 36.9 Å². The van der Waals surface area contributed by atoms with Gasteiger partial charge in [0.05, 0.1) is 22.8 Å². The van der Waals surface area contributed by atoms with Gasteiger partial charge in [-0.1, -0.05) is 24.3 Å². The first kappa shape index (κ1) is 20.0. The molecule has 8 nitrogen and oxygen atoms in total. The van der Waals surface area contributed by atoms with E-state index in [0.717, 1.165) is 0 Å². The van der Waals surface area contributed by atoms with E-state index in [9.17, 15) is 18.0 Å². The fourth-order valence-corrected chi connectivity index (χ4v) is 5.19. The van der Waals surface area contributed by atoms with Crippen LogP contribution in [0.3, 0.4) is 0 Å². The van der Waals surface area contributed by atoms with Crippen molar-refractivity contribution in [1.29, 1.82) is 0 Å². The first-order chi connectivity index (χ1) is 14.3. The lowest BCUT2D eigenvalue weighted by molar-refractivity contribution is 0.102. The minimum absolute atomic E-state index is 0.103. The summed E-state index contributed by atoms with van der Waals surface area (Å²) >= 11 is 0. The summed E-state index contributed by atoms with van der Waals surface area (Å²) in [5.41, 5.74) is 1.87. The predicted molar refractivity (Wildman–Crippen MR) is 116 cm³/mol. The van der Waals surface area contributed by atoms with Gasteiger partial charge in [0, 0.05) is 19.2 Å². The monoisotopic (exact) mass is 426 g/mol. The molecule has 0 aliphatic carbocycles. The van der Waals surface area contributed by atoms with Crippen LogP contribution in [0.15, 0.2) is 59.4 Å². The summed E-state index contributed by atoms with van der Waals surface area (Å²) in [4.78, 5) is 25.8. The summed E-state index contributed by atoms with van der Waals surface area (Å²) in [5.74, 6) is -0.370. The number of rotatable bonds is 4. The van der Waals surface area contributed by atoms with Gasteiger partial charge in [0.25, 0.3) is 11.5 Å². The molecule has 0 spiro atoms. The van der Waals surface area contributed by atoms with Crippen molar-refractivity contribution in [2.75, 3.05) is 21.9 Å². The minimum Gasteiger partial charge on any atom is -0.316 e. The SMILES string of the molecule is Cc1c(NC(=O)c2cccc(N3CCCS3(=O)=O)c2)c(=O)n(-c2ccccc2)n1C. The van der Waals surface area contributed by atoms with Gasteiger partial charge in [-0.2, -0.15) is 0 Å². The molecule has 9 heteroatoms. The van der Waals surface area contributed by atoms with E-state index in [0.29, 0.717) is 30.0 Å². The zero-order valence-electron chi connectivity index (χ0n) is 16.7. The van der Waals surface area contributed by atoms with Crippen LogP contribution >= 0.6 is 0 Å². The molecule has 1 saturated heterocycles. The first-order valence-corrected chi connectivity index (χ1v) is 11.2. The molecule has 30 heavy (non-hydrogen) atoms. The maximum Gasteiger partial charge on any atom is 0.295 e.